The molecule has 6 nitrogen and oxygen atoms in total. The predicted molar refractivity (Wildman–Crippen MR) is 118 cm³/mol. The number of nitrogens with zero attached hydrogens (tertiary/aromatic N) is 3. The summed E-state index contributed by atoms with van der Waals surface area (Å²) in [4.78, 5) is 11.7. The lowest BCUT2D eigenvalue weighted by atomic mass is 9.75. The molecule has 0 aliphatic carbocycles. The van der Waals surface area contributed by atoms with Gasteiger partial charge < -0.3 is 20.5 Å². The van der Waals surface area contributed by atoms with Gasteiger partial charge in [-0.15, -0.1) is 0 Å². The number of ether oxygens (including phenoxy) is 1. The average Bonchev–Trinajstić information content (AvgIpc) is 2.70. The zero-order chi connectivity index (χ0) is 21.3. The molecule has 1 aliphatic heterocycles. The third-order valence-electron chi connectivity index (χ3n) is 6.10. The number of aliphatic hydroxyl groups is 1. The Hall–Kier alpha value is -1.60. The van der Waals surface area contributed by atoms with Crippen molar-refractivity contribution < 1.29 is 9.84 Å². The molecule has 0 saturated carbocycles. The van der Waals surface area contributed by atoms with Crippen LogP contribution in [0, 0.1) is 12.3 Å². The molecule has 0 radical (unpaired) electrons. The third-order valence-corrected chi connectivity index (χ3v) is 6.96. The Morgan fingerprint density at radius 2 is 1.90 bits per heavy atom. The number of nitrogens with two attached hydrogens (primary N) is 1. The molecule has 1 saturated heterocycles. The van der Waals surface area contributed by atoms with E-state index in [2.05, 4.69) is 18.7 Å². The molecule has 29 heavy (non-hydrogen) atoms. The summed E-state index contributed by atoms with van der Waals surface area (Å²) in [6, 6.07) is 3.69. The lowest BCUT2D eigenvalue weighted by molar-refractivity contribution is 0.204. The fraction of sp³-hybridized carbons (Fsp3) is 0.524. The van der Waals surface area contributed by atoms with Crippen LogP contribution in [0.5, 0.6) is 5.75 Å². The molecular formula is C21H28Cl2N4O2. The molecule has 8 heteroatoms. The molecular weight excluding hydrogens is 411 g/mol. The van der Waals surface area contributed by atoms with E-state index in [1.165, 1.54) is 7.11 Å². The fourth-order valence-electron chi connectivity index (χ4n) is 3.71. The maximum absolute atomic E-state index is 9.98. The lowest BCUT2D eigenvalue weighted by Crippen LogP contribution is -2.47. The Balaban J connectivity index is 1.97. The quantitative estimate of drug-likeness (QED) is 0.726. The molecule has 2 heterocycles. The van der Waals surface area contributed by atoms with Gasteiger partial charge in [-0.25, -0.2) is 9.97 Å². The molecule has 3 rings (SSSR count). The SMILES string of the molecule is COc1ccc(-c2nc(CO)c(N3CCC(C)([C@@H](C)N)CC3)nc2C)c(Cl)c1Cl. The van der Waals surface area contributed by atoms with Crippen molar-refractivity contribution in [2.24, 2.45) is 11.1 Å². The van der Waals surface area contributed by atoms with Crippen LogP contribution in [0.25, 0.3) is 11.3 Å². The molecule has 1 aliphatic rings. The van der Waals surface area contributed by atoms with Crippen LogP contribution in [-0.2, 0) is 6.61 Å². The summed E-state index contributed by atoms with van der Waals surface area (Å²) in [6.07, 6.45) is 1.94. The molecule has 1 aromatic heterocycles. The van der Waals surface area contributed by atoms with Crippen LogP contribution < -0.4 is 15.4 Å². The average molecular weight is 439 g/mol. The van der Waals surface area contributed by atoms with Gasteiger partial charge in [-0.2, -0.15) is 0 Å². The van der Waals surface area contributed by atoms with Gasteiger partial charge in [0.1, 0.15) is 16.5 Å². The Kier molecular flexibility index (Phi) is 6.58. The first-order valence-electron chi connectivity index (χ1n) is 9.73. The highest BCUT2D eigenvalue weighted by Crippen LogP contribution is 2.41. The number of aliphatic hydroxyl groups excluding tert-OH is 1. The van der Waals surface area contributed by atoms with Gasteiger partial charge in [-0.05, 0) is 44.2 Å². The second kappa shape index (κ2) is 8.64. The highest BCUT2D eigenvalue weighted by Gasteiger charge is 2.34. The number of hydrogen-bond donors (Lipinski definition) is 2. The molecule has 1 fully saturated rings. The summed E-state index contributed by atoms with van der Waals surface area (Å²) in [5.41, 5.74) is 8.80. The Morgan fingerprint density at radius 3 is 2.45 bits per heavy atom. The highest BCUT2D eigenvalue weighted by molar-refractivity contribution is 6.44. The molecule has 0 spiro atoms. The molecule has 1 aromatic carbocycles. The largest absolute Gasteiger partial charge is 0.495 e. The van der Waals surface area contributed by atoms with E-state index in [9.17, 15) is 5.11 Å². The van der Waals surface area contributed by atoms with Crippen molar-refractivity contribution in [3.05, 3.63) is 33.6 Å². The molecule has 0 bridgehead atoms. The summed E-state index contributed by atoms with van der Waals surface area (Å²) in [5.74, 6) is 1.21. The second-order valence-corrected chi connectivity index (χ2v) is 8.72. The van der Waals surface area contributed by atoms with Crippen molar-refractivity contribution >= 4 is 29.0 Å². The molecule has 0 amide bonds. The maximum Gasteiger partial charge on any atom is 0.153 e. The van der Waals surface area contributed by atoms with E-state index in [0.29, 0.717) is 32.7 Å². The number of hydrogen-bond acceptors (Lipinski definition) is 6. The van der Waals surface area contributed by atoms with Crippen LogP contribution in [0.3, 0.4) is 0 Å². The van der Waals surface area contributed by atoms with Gasteiger partial charge in [0, 0.05) is 24.7 Å². The fourth-order valence-corrected chi connectivity index (χ4v) is 4.20. The summed E-state index contributed by atoms with van der Waals surface area (Å²) >= 11 is 12.8. The topological polar surface area (TPSA) is 84.5 Å². The number of aryl methyl sites for hydroxylation is 1. The van der Waals surface area contributed by atoms with E-state index in [4.69, 9.17) is 43.6 Å². The van der Waals surface area contributed by atoms with Crippen molar-refractivity contribution in [1.82, 2.24) is 9.97 Å². The summed E-state index contributed by atoms with van der Waals surface area (Å²) in [7, 11) is 1.54. The standard InChI is InChI=1S/C21H28Cl2N4O2/c1-12-19(14-5-6-16(29-4)18(23)17(14)22)26-15(11-28)20(25-12)27-9-7-21(3,8-10-27)13(2)24/h5-6,13,28H,7-11,24H2,1-4H3/t13-/m1/s1. The molecule has 1 atom stereocenters. The number of benzene rings is 1. The van der Waals surface area contributed by atoms with E-state index in [1.807, 2.05) is 6.92 Å². The minimum Gasteiger partial charge on any atom is -0.495 e. The maximum atomic E-state index is 9.98. The van der Waals surface area contributed by atoms with Gasteiger partial charge in [-0.1, -0.05) is 30.1 Å². The van der Waals surface area contributed by atoms with Gasteiger partial charge in [-0.3, -0.25) is 0 Å². The van der Waals surface area contributed by atoms with Crippen LogP contribution in [0.4, 0.5) is 5.82 Å². The predicted octanol–water partition coefficient (Wildman–Crippen LogP) is 4.21. The van der Waals surface area contributed by atoms with Crippen molar-refractivity contribution in [2.75, 3.05) is 25.1 Å². The summed E-state index contributed by atoms with van der Waals surface area (Å²) in [6.45, 7) is 7.63. The van der Waals surface area contributed by atoms with Crippen LogP contribution in [-0.4, -0.2) is 41.3 Å². The van der Waals surface area contributed by atoms with Crippen LogP contribution in [0.15, 0.2) is 12.1 Å². The third kappa shape index (κ3) is 4.17. The zero-order valence-electron chi connectivity index (χ0n) is 17.3. The second-order valence-electron chi connectivity index (χ2n) is 7.96. The summed E-state index contributed by atoms with van der Waals surface area (Å²) in [5, 5.41) is 10.7. The molecule has 3 N–H and O–H groups in total. The first-order chi connectivity index (χ1) is 13.7. The lowest BCUT2D eigenvalue weighted by Gasteiger charge is -2.42. The van der Waals surface area contributed by atoms with Gasteiger partial charge in [0.2, 0.25) is 0 Å². The van der Waals surface area contributed by atoms with E-state index in [0.717, 1.165) is 37.4 Å². The van der Waals surface area contributed by atoms with Crippen molar-refractivity contribution in [3.8, 4) is 17.0 Å². The molecule has 0 unspecified atom stereocenters. The van der Waals surface area contributed by atoms with Gasteiger partial charge in [0.25, 0.3) is 0 Å². The smallest absolute Gasteiger partial charge is 0.153 e. The van der Waals surface area contributed by atoms with E-state index < -0.39 is 0 Å². The number of methoxy groups -OCH3 is 1. The van der Waals surface area contributed by atoms with Crippen molar-refractivity contribution in [3.63, 3.8) is 0 Å². The van der Waals surface area contributed by atoms with Crippen LogP contribution >= 0.6 is 23.2 Å². The van der Waals surface area contributed by atoms with Crippen molar-refractivity contribution in [2.45, 2.75) is 46.3 Å². The minimum atomic E-state index is -0.210. The Labute approximate surface area is 182 Å². The zero-order valence-corrected chi connectivity index (χ0v) is 18.8. The normalized spacial score (nSPS) is 17.3. The van der Waals surface area contributed by atoms with Gasteiger partial charge >= 0.3 is 0 Å². The number of halogens is 2. The number of aromatic nitrogens is 2. The van der Waals surface area contributed by atoms with Gasteiger partial charge in [0.05, 0.1) is 30.1 Å². The van der Waals surface area contributed by atoms with Crippen molar-refractivity contribution in [1.29, 1.82) is 0 Å². The number of rotatable bonds is 5. The van der Waals surface area contributed by atoms with Gasteiger partial charge in [0.15, 0.2) is 5.82 Å². The monoisotopic (exact) mass is 438 g/mol. The highest BCUT2D eigenvalue weighted by atomic mass is 35.5. The van der Waals surface area contributed by atoms with E-state index in [1.54, 1.807) is 12.1 Å². The van der Waals surface area contributed by atoms with E-state index >= 15 is 0 Å². The number of piperidine rings is 1. The first kappa shape index (κ1) is 22.1. The number of anilines is 1. The summed E-state index contributed by atoms with van der Waals surface area (Å²) < 4.78 is 5.22. The Morgan fingerprint density at radius 1 is 1.24 bits per heavy atom. The van der Waals surface area contributed by atoms with E-state index in [-0.39, 0.29) is 18.1 Å². The molecule has 158 valence electrons. The minimum absolute atomic E-state index is 0.117. The molecule has 2 aromatic rings. The first-order valence-corrected chi connectivity index (χ1v) is 10.5. The van der Waals surface area contributed by atoms with Crippen LogP contribution in [0.1, 0.15) is 38.1 Å². The Bertz CT molecular complexity index is 897. The van der Waals surface area contributed by atoms with Crippen LogP contribution in [0.2, 0.25) is 10.0 Å².